The molecule has 6 heteroatoms. The molecule has 1 aromatic rings. The molecule has 0 amide bonds. The van der Waals surface area contributed by atoms with Gasteiger partial charge in [-0.2, -0.15) is 5.10 Å². The van der Waals surface area contributed by atoms with Crippen LogP contribution in [0.5, 0.6) is 0 Å². The van der Waals surface area contributed by atoms with Crippen molar-refractivity contribution in [1.29, 1.82) is 0 Å². The molecule has 0 saturated carbocycles. The largest absolute Gasteiger partial charge is 0.480 e. The van der Waals surface area contributed by atoms with Crippen molar-refractivity contribution >= 4 is 5.97 Å². The molecule has 0 unspecified atom stereocenters. The Labute approximate surface area is 66.4 Å². The van der Waals surface area contributed by atoms with Crippen LogP contribution in [0, 0.1) is 0 Å². The van der Waals surface area contributed by atoms with Crippen LogP contribution in [0.1, 0.15) is 12.1 Å². The number of alkyl halides is 2. The van der Waals surface area contributed by atoms with Gasteiger partial charge in [-0.3, -0.25) is 9.48 Å². The molecule has 1 rings (SSSR count). The minimum atomic E-state index is -2.69. The van der Waals surface area contributed by atoms with Crippen LogP contribution >= 0.6 is 0 Å². The van der Waals surface area contributed by atoms with Gasteiger partial charge < -0.3 is 5.11 Å². The Hall–Kier alpha value is -1.46. The van der Waals surface area contributed by atoms with E-state index in [0.717, 1.165) is 16.9 Å². The number of aromatic nitrogens is 2. The highest BCUT2D eigenvalue weighted by Crippen LogP contribution is 2.17. The number of carboxylic acid groups (broad SMARTS) is 1. The highest BCUT2D eigenvalue weighted by atomic mass is 19.3. The summed E-state index contributed by atoms with van der Waals surface area (Å²) in [6.45, 7) is -0.535. The molecule has 0 bridgehead atoms. The molecule has 1 N–H and O–H groups in total. The molecule has 0 aliphatic heterocycles. The third kappa shape index (κ3) is 1.77. The lowest BCUT2D eigenvalue weighted by Gasteiger charge is -2.01. The molecule has 0 aliphatic carbocycles. The molecule has 0 aliphatic rings. The Bertz CT molecular complexity index is 285. The van der Waals surface area contributed by atoms with Gasteiger partial charge in [0.05, 0.1) is 0 Å². The van der Waals surface area contributed by atoms with E-state index in [1.165, 1.54) is 0 Å². The Kier molecular flexibility index (Phi) is 2.37. The average molecular weight is 176 g/mol. The number of carbonyl (C=O) groups is 1. The van der Waals surface area contributed by atoms with Crippen molar-refractivity contribution in [3.05, 3.63) is 18.0 Å². The van der Waals surface area contributed by atoms with Gasteiger partial charge in [0.1, 0.15) is 12.2 Å². The van der Waals surface area contributed by atoms with E-state index >= 15 is 0 Å². The van der Waals surface area contributed by atoms with Crippen LogP contribution in [0.4, 0.5) is 8.78 Å². The number of hydrogen-bond donors (Lipinski definition) is 1. The second kappa shape index (κ2) is 3.29. The highest BCUT2D eigenvalue weighted by molar-refractivity contribution is 5.66. The van der Waals surface area contributed by atoms with Crippen molar-refractivity contribution in [3.8, 4) is 0 Å². The molecule has 1 heterocycles. The predicted octanol–water partition coefficient (Wildman–Crippen LogP) is 0.905. The van der Waals surface area contributed by atoms with Gasteiger partial charge >= 0.3 is 5.97 Å². The summed E-state index contributed by atoms with van der Waals surface area (Å²) < 4.78 is 24.9. The van der Waals surface area contributed by atoms with Crippen LogP contribution < -0.4 is 0 Å². The third-order valence-corrected chi connectivity index (χ3v) is 1.26. The fraction of sp³-hybridized carbons (Fsp3) is 0.333. The monoisotopic (exact) mass is 176 g/mol. The van der Waals surface area contributed by atoms with Crippen LogP contribution in [0.2, 0.25) is 0 Å². The van der Waals surface area contributed by atoms with Gasteiger partial charge in [-0.1, -0.05) is 0 Å². The number of nitrogens with zero attached hydrogens (tertiary/aromatic N) is 2. The van der Waals surface area contributed by atoms with Crippen molar-refractivity contribution in [1.82, 2.24) is 9.78 Å². The molecule has 0 saturated heterocycles. The molecule has 0 atom stereocenters. The van der Waals surface area contributed by atoms with Gasteiger partial charge in [0.15, 0.2) is 0 Å². The van der Waals surface area contributed by atoms with Crippen LogP contribution in [0.3, 0.4) is 0 Å². The van der Waals surface area contributed by atoms with Crippen LogP contribution in [-0.4, -0.2) is 20.9 Å². The SMILES string of the molecule is O=C(O)Cn1nccc1C(F)F. The second-order valence-electron chi connectivity index (χ2n) is 2.11. The zero-order chi connectivity index (χ0) is 9.14. The van der Waals surface area contributed by atoms with Crippen molar-refractivity contribution in [2.45, 2.75) is 13.0 Å². The first-order valence-electron chi connectivity index (χ1n) is 3.13. The molecule has 0 aromatic carbocycles. The summed E-state index contributed by atoms with van der Waals surface area (Å²) in [5, 5.41) is 11.7. The summed E-state index contributed by atoms with van der Waals surface area (Å²) in [6.07, 6.45) is -1.54. The molecule has 66 valence electrons. The highest BCUT2D eigenvalue weighted by Gasteiger charge is 2.14. The van der Waals surface area contributed by atoms with Crippen LogP contribution in [-0.2, 0) is 11.3 Å². The maximum Gasteiger partial charge on any atom is 0.325 e. The maximum atomic E-state index is 12.1. The summed E-state index contributed by atoms with van der Waals surface area (Å²) in [4.78, 5) is 10.1. The van der Waals surface area contributed by atoms with Crippen LogP contribution in [0.15, 0.2) is 12.3 Å². The number of carboxylic acids is 1. The molecule has 0 spiro atoms. The Balaban J connectivity index is 2.84. The second-order valence-corrected chi connectivity index (χ2v) is 2.11. The summed E-state index contributed by atoms with van der Waals surface area (Å²) >= 11 is 0. The predicted molar refractivity (Wildman–Crippen MR) is 34.8 cm³/mol. The van der Waals surface area contributed by atoms with Gasteiger partial charge in [0.25, 0.3) is 6.43 Å². The summed E-state index contributed by atoms with van der Waals surface area (Å²) in [6, 6.07) is 1.09. The topological polar surface area (TPSA) is 55.1 Å². The van der Waals surface area contributed by atoms with E-state index in [1.54, 1.807) is 0 Å². The lowest BCUT2D eigenvalue weighted by atomic mass is 10.4. The van der Waals surface area contributed by atoms with E-state index in [9.17, 15) is 13.6 Å². The Morgan fingerprint density at radius 2 is 2.42 bits per heavy atom. The van der Waals surface area contributed by atoms with Crippen molar-refractivity contribution < 1.29 is 18.7 Å². The molecule has 1 aromatic heterocycles. The molecular weight excluding hydrogens is 170 g/mol. The lowest BCUT2D eigenvalue weighted by molar-refractivity contribution is -0.138. The summed E-state index contributed by atoms with van der Waals surface area (Å²) in [5.74, 6) is -1.19. The van der Waals surface area contributed by atoms with E-state index in [4.69, 9.17) is 5.11 Å². The fourth-order valence-corrected chi connectivity index (χ4v) is 0.789. The Morgan fingerprint density at radius 1 is 1.75 bits per heavy atom. The van der Waals surface area contributed by atoms with Gasteiger partial charge in [-0.25, -0.2) is 8.78 Å². The van der Waals surface area contributed by atoms with E-state index in [0.29, 0.717) is 0 Å². The lowest BCUT2D eigenvalue weighted by Crippen LogP contribution is -2.12. The number of rotatable bonds is 3. The molecule has 0 radical (unpaired) electrons. The van der Waals surface area contributed by atoms with Crippen molar-refractivity contribution in [2.75, 3.05) is 0 Å². The molecule has 12 heavy (non-hydrogen) atoms. The summed E-state index contributed by atoms with van der Waals surface area (Å²) in [5.41, 5.74) is -0.377. The van der Waals surface area contributed by atoms with E-state index in [2.05, 4.69) is 5.10 Å². The smallest absolute Gasteiger partial charge is 0.325 e. The van der Waals surface area contributed by atoms with Crippen molar-refractivity contribution in [3.63, 3.8) is 0 Å². The number of aliphatic carboxylic acids is 1. The first-order chi connectivity index (χ1) is 5.61. The minimum Gasteiger partial charge on any atom is -0.480 e. The first kappa shape index (κ1) is 8.63. The third-order valence-electron chi connectivity index (χ3n) is 1.26. The van der Waals surface area contributed by atoms with E-state index in [1.807, 2.05) is 0 Å². The zero-order valence-electron chi connectivity index (χ0n) is 5.94. The van der Waals surface area contributed by atoms with Gasteiger partial charge in [0.2, 0.25) is 0 Å². The minimum absolute atomic E-state index is 0.377. The average Bonchev–Trinajstić information content (AvgIpc) is 2.33. The standard InChI is InChI=1S/C6H6F2N2O2/c7-6(8)4-1-2-9-10(4)3-5(11)12/h1-2,6H,3H2,(H,11,12). The quantitative estimate of drug-likeness (QED) is 0.744. The molecule has 0 fully saturated rings. The number of halogens is 2. The van der Waals surface area contributed by atoms with Gasteiger partial charge in [-0.15, -0.1) is 0 Å². The zero-order valence-corrected chi connectivity index (χ0v) is 5.94. The molecular formula is C6H6F2N2O2. The maximum absolute atomic E-state index is 12.1. The number of hydrogen-bond acceptors (Lipinski definition) is 2. The van der Waals surface area contributed by atoms with Gasteiger partial charge in [-0.05, 0) is 6.07 Å². The van der Waals surface area contributed by atoms with Gasteiger partial charge in [0, 0.05) is 6.20 Å². The normalized spacial score (nSPS) is 10.6. The van der Waals surface area contributed by atoms with Crippen molar-refractivity contribution in [2.24, 2.45) is 0 Å². The van der Waals surface area contributed by atoms with E-state index in [-0.39, 0.29) is 5.69 Å². The van der Waals surface area contributed by atoms with Crippen LogP contribution in [0.25, 0.3) is 0 Å². The first-order valence-corrected chi connectivity index (χ1v) is 3.13. The van der Waals surface area contributed by atoms with E-state index < -0.39 is 18.9 Å². The molecule has 4 nitrogen and oxygen atoms in total. The summed E-state index contributed by atoms with van der Waals surface area (Å²) in [7, 11) is 0. The fourth-order valence-electron chi connectivity index (χ4n) is 0.789. The Morgan fingerprint density at radius 3 is 2.92 bits per heavy atom.